The number of aliphatic hydroxyl groups is 1. The maximum Gasteiger partial charge on any atom is 1.00 e. The molecule has 8 heteroatoms. The van der Waals surface area contributed by atoms with E-state index < -0.39 is 24.0 Å². The van der Waals surface area contributed by atoms with Gasteiger partial charge in [0.2, 0.25) is 0 Å². The van der Waals surface area contributed by atoms with Crippen molar-refractivity contribution in [3.05, 3.63) is 35.4 Å². The molecule has 1 aromatic rings. The van der Waals surface area contributed by atoms with E-state index in [0.717, 1.165) is 0 Å². The van der Waals surface area contributed by atoms with Crippen LogP contribution in [0.3, 0.4) is 0 Å². The molecule has 0 aliphatic rings. The van der Waals surface area contributed by atoms with E-state index in [2.05, 4.69) is 0 Å². The number of aromatic carboxylic acids is 2. The predicted molar refractivity (Wildman–Crippen MR) is 60.8 cm³/mol. The van der Waals surface area contributed by atoms with Gasteiger partial charge in [-0.05, 0) is 19.1 Å². The van der Waals surface area contributed by atoms with Gasteiger partial charge in [-0.1, -0.05) is 12.1 Å². The Bertz CT molecular complexity index is 429. The number of carbonyl (C=O) groups is 3. The summed E-state index contributed by atoms with van der Waals surface area (Å²) in [6.45, 7) is 1.20. The summed E-state index contributed by atoms with van der Waals surface area (Å²) < 4.78 is 0. The maximum atomic E-state index is 10.5. The van der Waals surface area contributed by atoms with Crippen molar-refractivity contribution in [2.24, 2.45) is 0 Å². The van der Waals surface area contributed by atoms with Crippen molar-refractivity contribution in [1.29, 1.82) is 0 Å². The molecule has 0 aliphatic heterocycles. The van der Waals surface area contributed by atoms with Crippen LogP contribution in [0.1, 0.15) is 29.1 Å². The second-order valence-corrected chi connectivity index (χ2v) is 3.17. The van der Waals surface area contributed by atoms with Crippen LogP contribution in [0.4, 0.5) is 0 Å². The van der Waals surface area contributed by atoms with Crippen molar-refractivity contribution < 1.29 is 65.8 Å². The van der Waals surface area contributed by atoms with Gasteiger partial charge in [0.15, 0.2) is 0 Å². The molecule has 0 aromatic heterocycles. The third-order valence-electron chi connectivity index (χ3n) is 1.75. The summed E-state index contributed by atoms with van der Waals surface area (Å²) in [4.78, 5) is 30.4. The third kappa shape index (κ3) is 7.58. The normalized spacial score (nSPS) is 10.2. The molecule has 0 spiro atoms. The predicted octanol–water partition coefficient (Wildman–Crippen LogP) is -2.35. The molecule has 0 fully saturated rings. The van der Waals surface area contributed by atoms with Crippen molar-refractivity contribution >= 4 is 17.9 Å². The Kier molecular flexibility index (Phi) is 9.97. The molecule has 0 bridgehead atoms. The number of aliphatic carboxylic acids is 1. The number of hydrogen-bond acceptors (Lipinski definition) is 4. The maximum absolute atomic E-state index is 10.5. The van der Waals surface area contributed by atoms with E-state index in [1.165, 1.54) is 31.2 Å². The van der Waals surface area contributed by atoms with Crippen LogP contribution in [-0.2, 0) is 4.79 Å². The number of aliphatic hydroxyl groups excluding tert-OH is 1. The first-order valence-corrected chi connectivity index (χ1v) is 4.73. The number of carboxylic acid groups (broad SMARTS) is 3. The molecule has 100 valence electrons. The van der Waals surface area contributed by atoms with Crippen LogP contribution in [0.5, 0.6) is 0 Å². The van der Waals surface area contributed by atoms with Crippen molar-refractivity contribution in [1.82, 2.24) is 0 Å². The van der Waals surface area contributed by atoms with Gasteiger partial charge in [-0.25, -0.2) is 14.4 Å². The topological polar surface area (TPSA) is 132 Å². The van der Waals surface area contributed by atoms with Crippen LogP contribution in [-0.4, -0.2) is 44.4 Å². The number of rotatable bonds is 3. The minimum Gasteiger partial charge on any atom is -1.00 e. The molecule has 4 N–H and O–H groups in total. The van der Waals surface area contributed by atoms with E-state index in [0.29, 0.717) is 0 Å². The summed E-state index contributed by atoms with van der Waals surface area (Å²) >= 11 is 0. The van der Waals surface area contributed by atoms with Gasteiger partial charge in [0.25, 0.3) is 0 Å². The second-order valence-electron chi connectivity index (χ2n) is 3.17. The van der Waals surface area contributed by atoms with Crippen LogP contribution in [0.2, 0.25) is 0 Å². The molecule has 0 radical (unpaired) electrons. The van der Waals surface area contributed by atoms with Crippen molar-refractivity contribution in [3.8, 4) is 0 Å². The first kappa shape index (κ1) is 19.9. The quantitative estimate of drug-likeness (QED) is 0.456. The summed E-state index contributed by atoms with van der Waals surface area (Å²) in [7, 11) is 0. The largest absolute Gasteiger partial charge is 1.00 e. The summed E-state index contributed by atoms with van der Waals surface area (Å²) in [6, 6.07) is 5.48. The first-order chi connectivity index (χ1) is 8.27. The van der Waals surface area contributed by atoms with E-state index in [9.17, 15) is 14.4 Å². The van der Waals surface area contributed by atoms with Gasteiger partial charge < -0.3 is 21.9 Å². The average Bonchev–Trinajstić information content (AvgIpc) is 2.29. The van der Waals surface area contributed by atoms with Gasteiger partial charge in [0, 0.05) is 0 Å². The molecule has 1 atom stereocenters. The Balaban J connectivity index is -0.000000316. The molecule has 1 unspecified atom stereocenters. The molecule has 1 rings (SSSR count). The second kappa shape index (κ2) is 9.51. The summed E-state index contributed by atoms with van der Waals surface area (Å²) in [6.07, 6.45) is -1.23. The van der Waals surface area contributed by atoms with Gasteiger partial charge in [-0.3, -0.25) is 0 Å². The average molecular weight is 280 g/mol. The standard InChI is InChI=1S/C8H6O4.C3H6O3.Na.H/c9-7(10)5-3-1-2-4-6(5)8(11)12;1-2(4)3(5)6;;/h1-4H,(H,9,10)(H,11,12);2,4H,1H3,(H,5,6);;/q;;+1;-1. The zero-order valence-electron chi connectivity index (χ0n) is 11.4. The fraction of sp³-hybridized carbons (Fsp3) is 0.182. The fourth-order valence-corrected chi connectivity index (χ4v) is 0.856. The van der Waals surface area contributed by atoms with Crippen molar-refractivity contribution in [2.45, 2.75) is 13.0 Å². The zero-order chi connectivity index (χ0) is 14.3. The van der Waals surface area contributed by atoms with Crippen LogP contribution >= 0.6 is 0 Å². The SMILES string of the molecule is CC(O)C(=O)O.O=C(O)c1ccccc1C(=O)O.[H-].[Na+]. The van der Waals surface area contributed by atoms with E-state index in [-0.39, 0.29) is 42.1 Å². The molecule has 0 heterocycles. The molecular weight excluding hydrogens is 267 g/mol. The number of carboxylic acids is 3. The minimum atomic E-state index is -1.23. The third-order valence-corrected chi connectivity index (χ3v) is 1.75. The van der Waals surface area contributed by atoms with Gasteiger partial charge in [-0.15, -0.1) is 0 Å². The van der Waals surface area contributed by atoms with Gasteiger partial charge in [0.05, 0.1) is 11.1 Å². The fourth-order valence-electron chi connectivity index (χ4n) is 0.856. The molecule has 0 saturated heterocycles. The summed E-state index contributed by atoms with van der Waals surface area (Å²) in [5, 5.41) is 32.9. The van der Waals surface area contributed by atoms with Crippen molar-refractivity contribution in [3.63, 3.8) is 0 Å². The Morgan fingerprint density at radius 1 is 1.00 bits per heavy atom. The Morgan fingerprint density at radius 3 is 1.42 bits per heavy atom. The Hall–Kier alpha value is -1.41. The molecule has 0 amide bonds. The van der Waals surface area contributed by atoms with E-state index in [4.69, 9.17) is 20.4 Å². The van der Waals surface area contributed by atoms with Gasteiger partial charge in [0.1, 0.15) is 6.10 Å². The minimum absolute atomic E-state index is 0. The van der Waals surface area contributed by atoms with Gasteiger partial charge in [-0.2, -0.15) is 0 Å². The van der Waals surface area contributed by atoms with Crippen LogP contribution in [0.25, 0.3) is 0 Å². The van der Waals surface area contributed by atoms with Crippen LogP contribution in [0.15, 0.2) is 24.3 Å². The molecular formula is C11H13NaO7. The number of hydrogen-bond donors (Lipinski definition) is 4. The zero-order valence-corrected chi connectivity index (χ0v) is 12.4. The molecule has 1 aromatic carbocycles. The Morgan fingerprint density at radius 2 is 1.26 bits per heavy atom. The van der Waals surface area contributed by atoms with Crippen LogP contribution < -0.4 is 29.6 Å². The Labute approximate surface area is 132 Å². The summed E-state index contributed by atoms with van der Waals surface area (Å²) in [5.41, 5.74) is -0.380. The first-order valence-electron chi connectivity index (χ1n) is 4.73. The van der Waals surface area contributed by atoms with E-state index >= 15 is 0 Å². The summed E-state index contributed by atoms with van der Waals surface area (Å²) in [5.74, 6) is -3.64. The van der Waals surface area contributed by atoms with E-state index in [1.54, 1.807) is 0 Å². The monoisotopic (exact) mass is 280 g/mol. The van der Waals surface area contributed by atoms with Crippen molar-refractivity contribution in [2.75, 3.05) is 0 Å². The molecule has 19 heavy (non-hydrogen) atoms. The molecule has 0 aliphatic carbocycles. The molecule has 0 saturated carbocycles. The van der Waals surface area contributed by atoms with Gasteiger partial charge >= 0.3 is 47.5 Å². The van der Waals surface area contributed by atoms with Crippen LogP contribution in [0, 0.1) is 0 Å². The molecule has 7 nitrogen and oxygen atoms in total. The van der Waals surface area contributed by atoms with E-state index in [1.807, 2.05) is 0 Å². The number of benzene rings is 1. The smallest absolute Gasteiger partial charge is 1.00 e.